The summed E-state index contributed by atoms with van der Waals surface area (Å²) in [7, 11) is 0. The summed E-state index contributed by atoms with van der Waals surface area (Å²) < 4.78 is 0. The van der Waals surface area contributed by atoms with Gasteiger partial charge < -0.3 is 31.3 Å². The van der Waals surface area contributed by atoms with E-state index in [1.807, 2.05) is 0 Å². The minimum Gasteiger partial charge on any atom is -0.393 e. The van der Waals surface area contributed by atoms with Crippen molar-refractivity contribution in [2.75, 3.05) is 26.2 Å². The molecule has 41 heavy (non-hydrogen) atoms. The van der Waals surface area contributed by atoms with Crippen LogP contribution in [0.4, 0.5) is 0 Å². The lowest BCUT2D eigenvalue weighted by Crippen LogP contribution is -2.62. The van der Waals surface area contributed by atoms with Crippen LogP contribution in [0.2, 0.25) is 0 Å². The van der Waals surface area contributed by atoms with E-state index in [1.165, 1.54) is 6.42 Å². The fraction of sp³-hybridized carbons (Fsp3) is 0.943. The molecule has 4 saturated carbocycles. The van der Waals surface area contributed by atoms with Gasteiger partial charge >= 0.3 is 0 Å². The van der Waals surface area contributed by atoms with Crippen molar-refractivity contribution in [1.29, 1.82) is 0 Å². The van der Waals surface area contributed by atoms with E-state index in [0.717, 1.165) is 103 Å². The van der Waals surface area contributed by atoms with Crippen LogP contribution in [0.1, 0.15) is 112 Å². The van der Waals surface area contributed by atoms with Crippen LogP contribution in [-0.2, 0) is 0 Å². The lowest BCUT2D eigenvalue weighted by molar-refractivity contribution is -0.207. The molecule has 6 N–H and O–H groups in total. The maximum Gasteiger partial charge on any atom is 0.0602 e. The summed E-state index contributed by atoms with van der Waals surface area (Å²) in [4.78, 5) is 2.53. The van der Waals surface area contributed by atoms with E-state index in [2.05, 4.69) is 51.4 Å². The molecule has 238 valence electrons. The Morgan fingerprint density at radius 3 is 2.41 bits per heavy atom. The van der Waals surface area contributed by atoms with Gasteiger partial charge in [0.1, 0.15) is 0 Å². The molecule has 0 aliphatic heterocycles. The van der Waals surface area contributed by atoms with Crippen LogP contribution in [0, 0.1) is 46.3 Å². The number of fused-ring (bicyclic) bond motifs is 5. The highest BCUT2D eigenvalue weighted by Gasteiger charge is 2.65. The molecule has 0 heterocycles. The number of aliphatic hydroxyl groups excluding tert-OH is 3. The molecule has 0 unspecified atom stereocenters. The first-order chi connectivity index (χ1) is 19.4. The van der Waals surface area contributed by atoms with E-state index >= 15 is 0 Å². The fourth-order valence-electron chi connectivity index (χ4n) is 10.5. The maximum atomic E-state index is 11.8. The van der Waals surface area contributed by atoms with Crippen molar-refractivity contribution < 1.29 is 15.3 Å². The van der Waals surface area contributed by atoms with Gasteiger partial charge in [0.05, 0.1) is 18.3 Å². The van der Waals surface area contributed by atoms with E-state index in [4.69, 9.17) is 5.73 Å². The second-order valence-corrected chi connectivity index (χ2v) is 15.6. The summed E-state index contributed by atoms with van der Waals surface area (Å²) in [5.74, 6) is 2.42. The maximum absolute atomic E-state index is 11.8. The summed E-state index contributed by atoms with van der Waals surface area (Å²) in [6, 6.07) is 0.569. The molecule has 0 aromatic heterocycles. The predicted molar refractivity (Wildman–Crippen MR) is 169 cm³/mol. The van der Waals surface area contributed by atoms with Gasteiger partial charge in [-0.2, -0.15) is 0 Å². The van der Waals surface area contributed by atoms with E-state index in [-0.39, 0.29) is 35.1 Å². The monoisotopic (exact) mass is 576 g/mol. The summed E-state index contributed by atoms with van der Waals surface area (Å²) in [6.07, 6.45) is 11.3. The zero-order chi connectivity index (χ0) is 29.9. The Kier molecular flexibility index (Phi) is 11.3. The Labute approximate surface area is 251 Å². The number of allylic oxidation sites excluding steroid dienone is 1. The molecule has 0 amide bonds. The molecule has 6 nitrogen and oxygen atoms in total. The van der Waals surface area contributed by atoms with E-state index in [0.29, 0.717) is 35.6 Å². The zero-order valence-electron chi connectivity index (χ0n) is 27.2. The Bertz CT molecular complexity index is 853. The molecule has 0 bridgehead atoms. The third-order valence-electron chi connectivity index (χ3n) is 13.0. The molecule has 0 spiro atoms. The molecule has 4 aliphatic carbocycles. The van der Waals surface area contributed by atoms with Crippen molar-refractivity contribution in [3.63, 3.8) is 0 Å². The molecule has 4 fully saturated rings. The molecule has 11 atom stereocenters. The lowest BCUT2D eigenvalue weighted by atomic mass is 9.43. The van der Waals surface area contributed by atoms with Crippen molar-refractivity contribution in [1.82, 2.24) is 10.2 Å². The number of aliphatic hydroxyl groups is 3. The minimum atomic E-state index is -0.310. The first kappa shape index (κ1) is 33.2. The molecular weight excluding hydrogens is 510 g/mol. The lowest BCUT2D eigenvalue weighted by Gasteiger charge is -2.63. The van der Waals surface area contributed by atoms with Gasteiger partial charge in [-0.25, -0.2) is 0 Å². The highest BCUT2D eigenvalue weighted by molar-refractivity contribution is 5.14. The number of hydrogen-bond donors (Lipinski definition) is 5. The second-order valence-electron chi connectivity index (χ2n) is 15.6. The highest BCUT2D eigenvalue weighted by atomic mass is 16.3. The van der Waals surface area contributed by atoms with Crippen molar-refractivity contribution in [3.05, 3.63) is 12.3 Å². The third kappa shape index (κ3) is 6.87. The summed E-state index contributed by atoms with van der Waals surface area (Å²) in [5.41, 5.74) is 6.86. The molecular formula is C35H65N3O3. The van der Waals surface area contributed by atoms with Gasteiger partial charge in [-0.15, -0.1) is 0 Å². The van der Waals surface area contributed by atoms with Gasteiger partial charge in [-0.05, 0) is 157 Å². The quantitative estimate of drug-likeness (QED) is 0.180. The average molecular weight is 576 g/mol. The van der Waals surface area contributed by atoms with E-state index < -0.39 is 0 Å². The normalized spacial score (nSPS) is 41.1. The summed E-state index contributed by atoms with van der Waals surface area (Å²) >= 11 is 0. The molecule has 0 aromatic rings. The van der Waals surface area contributed by atoms with Crippen LogP contribution >= 0.6 is 0 Å². The van der Waals surface area contributed by atoms with Crippen LogP contribution in [0.15, 0.2) is 12.3 Å². The second kappa shape index (κ2) is 14.0. The SMILES string of the molecule is C=C(CC[C@@H](C)[C@@H]1CC[C@H]2[C@@H]3[C@H](O)C[C@@H]4C[C@H](O)CC[C@]4(C)[C@H]3C[C@H](O)[C@@]21C)NCCCCN(CCCN)C(C)C. The van der Waals surface area contributed by atoms with Crippen LogP contribution in [0.3, 0.4) is 0 Å². The molecule has 0 radical (unpaired) electrons. The number of nitrogens with two attached hydrogens (primary N) is 1. The average Bonchev–Trinajstić information content (AvgIpc) is 3.28. The van der Waals surface area contributed by atoms with Gasteiger partial charge in [-0.1, -0.05) is 27.4 Å². The number of nitrogens with one attached hydrogen (secondary N) is 1. The van der Waals surface area contributed by atoms with Crippen molar-refractivity contribution in [2.45, 2.75) is 136 Å². The minimum absolute atomic E-state index is 0.125. The van der Waals surface area contributed by atoms with Gasteiger partial charge in [0.15, 0.2) is 0 Å². The first-order valence-electron chi connectivity index (χ1n) is 17.3. The Morgan fingerprint density at radius 1 is 0.976 bits per heavy atom. The number of hydrogen-bond acceptors (Lipinski definition) is 6. The zero-order valence-corrected chi connectivity index (χ0v) is 27.2. The van der Waals surface area contributed by atoms with E-state index in [9.17, 15) is 15.3 Å². The van der Waals surface area contributed by atoms with Crippen LogP contribution in [0.25, 0.3) is 0 Å². The highest BCUT2D eigenvalue weighted by Crippen LogP contribution is 2.68. The number of rotatable bonds is 14. The fourth-order valence-corrected chi connectivity index (χ4v) is 10.5. The summed E-state index contributed by atoms with van der Waals surface area (Å²) in [6.45, 7) is 20.0. The number of nitrogens with zero attached hydrogens (tertiary/aromatic N) is 1. The number of unbranched alkanes of at least 4 members (excludes halogenated alkanes) is 1. The van der Waals surface area contributed by atoms with Gasteiger partial charge in [-0.3, -0.25) is 0 Å². The van der Waals surface area contributed by atoms with Crippen molar-refractivity contribution in [3.8, 4) is 0 Å². The largest absolute Gasteiger partial charge is 0.393 e. The van der Waals surface area contributed by atoms with Gasteiger partial charge in [0.25, 0.3) is 0 Å². The van der Waals surface area contributed by atoms with Crippen LogP contribution in [0.5, 0.6) is 0 Å². The third-order valence-corrected chi connectivity index (χ3v) is 13.0. The molecule has 0 aromatic carbocycles. The van der Waals surface area contributed by atoms with E-state index in [1.54, 1.807) is 0 Å². The summed E-state index contributed by atoms with van der Waals surface area (Å²) in [5, 5.41) is 37.3. The van der Waals surface area contributed by atoms with Crippen LogP contribution in [-0.4, -0.2) is 70.8 Å². The molecule has 4 aliphatic rings. The Hall–Kier alpha value is -0.660. The Balaban J connectivity index is 1.27. The van der Waals surface area contributed by atoms with Crippen LogP contribution < -0.4 is 11.1 Å². The van der Waals surface area contributed by atoms with Crippen molar-refractivity contribution in [2.24, 2.45) is 52.1 Å². The Morgan fingerprint density at radius 2 is 1.71 bits per heavy atom. The first-order valence-corrected chi connectivity index (χ1v) is 17.3. The molecule has 6 heteroatoms. The van der Waals surface area contributed by atoms with Crippen molar-refractivity contribution >= 4 is 0 Å². The smallest absolute Gasteiger partial charge is 0.0602 e. The molecule has 0 saturated heterocycles. The molecule has 4 rings (SSSR count). The van der Waals surface area contributed by atoms with Gasteiger partial charge in [0.2, 0.25) is 0 Å². The van der Waals surface area contributed by atoms with Gasteiger partial charge in [0, 0.05) is 18.3 Å². The predicted octanol–water partition coefficient (Wildman–Crippen LogP) is 5.31. The standard InChI is InChI=1S/C35H65N3O3/c1-23(2)38(19-9-16-36)18-8-7-17-37-25(4)11-10-24(3)28-12-13-29-33-30(22-32(41)35(28,29)6)34(5)15-14-27(39)20-26(34)21-31(33)40/h23-24,26-33,37,39-41H,4,7-22,36H2,1-3,5-6H3/t24-,26+,27-,28+,29+,30+,31-,32+,33+,34+,35-/m1/s1. The topological polar surface area (TPSA) is 102 Å².